The van der Waals surface area contributed by atoms with Crippen LogP contribution in [0.5, 0.6) is 5.75 Å². The molecule has 0 unspecified atom stereocenters. The van der Waals surface area contributed by atoms with E-state index < -0.39 is 24.3 Å². The number of hydrogen-bond acceptors (Lipinski definition) is 2. The molecule has 1 rings (SSSR count). The molecule has 1 aromatic rings. The third-order valence-electron chi connectivity index (χ3n) is 1.82. The van der Waals surface area contributed by atoms with Crippen LogP contribution in [-0.4, -0.2) is 19.3 Å². The minimum Gasteiger partial charge on any atom is -0.481 e. The molecule has 0 amide bonds. The Morgan fingerprint density at radius 1 is 1.25 bits per heavy atom. The van der Waals surface area contributed by atoms with Crippen molar-refractivity contribution in [3.05, 3.63) is 29.6 Å². The smallest absolute Gasteiger partial charge is 0.422 e. The first-order valence-electron chi connectivity index (χ1n) is 4.60. The highest BCUT2D eigenvalue weighted by atomic mass is 19.4. The minimum atomic E-state index is -4.48. The van der Waals surface area contributed by atoms with Crippen molar-refractivity contribution < 1.29 is 22.3 Å². The standard InChI is InChI=1S/C10H11F4NO/c11-8-2-1-7(3-4-15)5-9(8)16-6-10(12,13)14/h1-2,5H,3-4,6,15H2. The molecule has 0 heterocycles. The molecule has 0 spiro atoms. The van der Waals surface area contributed by atoms with Gasteiger partial charge in [-0.2, -0.15) is 13.2 Å². The van der Waals surface area contributed by atoms with E-state index in [1.165, 1.54) is 12.1 Å². The molecular weight excluding hydrogens is 226 g/mol. The summed E-state index contributed by atoms with van der Waals surface area (Å²) in [5, 5.41) is 0. The van der Waals surface area contributed by atoms with Crippen molar-refractivity contribution in [2.24, 2.45) is 5.73 Å². The first kappa shape index (κ1) is 12.8. The Bertz CT molecular complexity index is 351. The summed E-state index contributed by atoms with van der Waals surface area (Å²) in [5.41, 5.74) is 5.92. The van der Waals surface area contributed by atoms with Crippen molar-refractivity contribution in [3.8, 4) is 5.75 Å². The number of halogens is 4. The highest BCUT2D eigenvalue weighted by molar-refractivity contribution is 5.30. The summed E-state index contributed by atoms with van der Waals surface area (Å²) in [4.78, 5) is 0. The lowest BCUT2D eigenvalue weighted by Gasteiger charge is -2.10. The summed E-state index contributed by atoms with van der Waals surface area (Å²) < 4.78 is 53.0. The van der Waals surface area contributed by atoms with E-state index in [1.807, 2.05) is 0 Å². The van der Waals surface area contributed by atoms with Gasteiger partial charge in [0, 0.05) is 0 Å². The van der Waals surface area contributed by atoms with Crippen molar-refractivity contribution in [2.45, 2.75) is 12.6 Å². The van der Waals surface area contributed by atoms with E-state index in [2.05, 4.69) is 4.74 Å². The summed E-state index contributed by atoms with van der Waals surface area (Å²) in [5.74, 6) is -1.21. The van der Waals surface area contributed by atoms with Gasteiger partial charge in [0.25, 0.3) is 0 Å². The molecule has 0 aliphatic heterocycles. The first-order chi connectivity index (χ1) is 7.42. The van der Waals surface area contributed by atoms with E-state index in [9.17, 15) is 17.6 Å². The van der Waals surface area contributed by atoms with E-state index in [0.29, 0.717) is 18.5 Å². The Labute approximate surface area is 90.0 Å². The maximum Gasteiger partial charge on any atom is 0.422 e. The third kappa shape index (κ3) is 4.06. The van der Waals surface area contributed by atoms with Crippen LogP contribution >= 0.6 is 0 Å². The van der Waals surface area contributed by atoms with E-state index in [0.717, 1.165) is 6.07 Å². The number of benzene rings is 1. The maximum atomic E-state index is 13.1. The molecule has 1 aromatic carbocycles. The fourth-order valence-electron chi connectivity index (χ4n) is 1.14. The van der Waals surface area contributed by atoms with Crippen LogP contribution in [-0.2, 0) is 6.42 Å². The molecule has 90 valence electrons. The summed E-state index contributed by atoms with van der Waals surface area (Å²) >= 11 is 0. The van der Waals surface area contributed by atoms with Crippen LogP contribution in [0.1, 0.15) is 5.56 Å². The lowest BCUT2D eigenvalue weighted by Crippen LogP contribution is -2.19. The van der Waals surface area contributed by atoms with Crippen LogP contribution in [0.2, 0.25) is 0 Å². The Morgan fingerprint density at radius 3 is 2.50 bits per heavy atom. The van der Waals surface area contributed by atoms with Gasteiger partial charge in [-0.25, -0.2) is 4.39 Å². The Balaban J connectivity index is 2.74. The highest BCUT2D eigenvalue weighted by Gasteiger charge is 2.28. The lowest BCUT2D eigenvalue weighted by atomic mass is 10.1. The Hall–Kier alpha value is -1.30. The number of rotatable bonds is 4. The summed E-state index contributed by atoms with van der Waals surface area (Å²) in [7, 11) is 0. The summed E-state index contributed by atoms with van der Waals surface area (Å²) in [6.07, 6.45) is -4.01. The van der Waals surface area contributed by atoms with Gasteiger partial charge in [-0.05, 0) is 30.7 Å². The number of ether oxygens (including phenoxy) is 1. The second-order valence-electron chi connectivity index (χ2n) is 3.21. The van der Waals surface area contributed by atoms with Gasteiger partial charge < -0.3 is 10.5 Å². The van der Waals surface area contributed by atoms with Gasteiger partial charge in [0.2, 0.25) is 0 Å². The van der Waals surface area contributed by atoms with Gasteiger partial charge in [-0.3, -0.25) is 0 Å². The van der Waals surface area contributed by atoms with Gasteiger partial charge in [-0.15, -0.1) is 0 Å². The number of alkyl halides is 3. The van der Waals surface area contributed by atoms with Crippen molar-refractivity contribution in [1.29, 1.82) is 0 Å². The molecule has 0 atom stereocenters. The largest absolute Gasteiger partial charge is 0.481 e. The molecule has 16 heavy (non-hydrogen) atoms. The second kappa shape index (κ2) is 5.16. The number of nitrogens with two attached hydrogens (primary N) is 1. The Kier molecular flexibility index (Phi) is 4.12. The van der Waals surface area contributed by atoms with Crippen LogP contribution in [0, 0.1) is 5.82 Å². The zero-order chi connectivity index (χ0) is 12.2. The molecule has 6 heteroatoms. The molecule has 2 nitrogen and oxygen atoms in total. The van der Waals surface area contributed by atoms with Crippen molar-refractivity contribution in [2.75, 3.05) is 13.2 Å². The maximum absolute atomic E-state index is 13.1. The molecule has 0 aliphatic rings. The molecule has 0 saturated carbocycles. The first-order valence-corrected chi connectivity index (χ1v) is 4.60. The molecule has 0 saturated heterocycles. The lowest BCUT2D eigenvalue weighted by molar-refractivity contribution is -0.153. The molecule has 2 N–H and O–H groups in total. The fraction of sp³-hybridized carbons (Fsp3) is 0.400. The van der Waals surface area contributed by atoms with Crippen LogP contribution < -0.4 is 10.5 Å². The van der Waals surface area contributed by atoms with Crippen molar-refractivity contribution in [3.63, 3.8) is 0 Å². The predicted molar refractivity (Wildman–Crippen MR) is 50.7 cm³/mol. The fourth-order valence-corrected chi connectivity index (χ4v) is 1.14. The summed E-state index contributed by atoms with van der Waals surface area (Å²) in [6.45, 7) is -1.17. The SMILES string of the molecule is NCCc1ccc(F)c(OCC(F)(F)F)c1. The van der Waals surface area contributed by atoms with Gasteiger partial charge >= 0.3 is 6.18 Å². The normalized spacial score (nSPS) is 11.6. The quantitative estimate of drug-likeness (QED) is 0.815. The van der Waals surface area contributed by atoms with E-state index >= 15 is 0 Å². The van der Waals surface area contributed by atoms with Crippen LogP contribution in [0.3, 0.4) is 0 Å². The molecular formula is C10H11F4NO. The number of hydrogen-bond donors (Lipinski definition) is 1. The zero-order valence-electron chi connectivity index (χ0n) is 8.35. The Morgan fingerprint density at radius 2 is 1.94 bits per heavy atom. The van der Waals surface area contributed by atoms with Gasteiger partial charge in [-0.1, -0.05) is 6.07 Å². The van der Waals surface area contributed by atoms with Gasteiger partial charge in [0.15, 0.2) is 18.2 Å². The minimum absolute atomic E-state index is 0.338. The van der Waals surface area contributed by atoms with E-state index in [-0.39, 0.29) is 0 Å². The van der Waals surface area contributed by atoms with Crippen LogP contribution in [0.15, 0.2) is 18.2 Å². The molecule has 0 bridgehead atoms. The topological polar surface area (TPSA) is 35.2 Å². The molecule has 0 aliphatic carbocycles. The zero-order valence-corrected chi connectivity index (χ0v) is 8.35. The van der Waals surface area contributed by atoms with E-state index in [1.54, 1.807) is 0 Å². The van der Waals surface area contributed by atoms with Gasteiger partial charge in [0.05, 0.1) is 0 Å². The molecule has 0 fully saturated rings. The predicted octanol–water partition coefficient (Wildman–Crippen LogP) is 2.27. The highest BCUT2D eigenvalue weighted by Crippen LogP contribution is 2.22. The third-order valence-corrected chi connectivity index (χ3v) is 1.82. The van der Waals surface area contributed by atoms with Crippen molar-refractivity contribution >= 4 is 0 Å². The van der Waals surface area contributed by atoms with Gasteiger partial charge in [0.1, 0.15) is 0 Å². The molecule has 0 aromatic heterocycles. The van der Waals surface area contributed by atoms with Crippen molar-refractivity contribution in [1.82, 2.24) is 0 Å². The second-order valence-corrected chi connectivity index (χ2v) is 3.21. The molecule has 0 radical (unpaired) electrons. The monoisotopic (exact) mass is 237 g/mol. The average molecular weight is 237 g/mol. The van der Waals surface area contributed by atoms with Crippen LogP contribution in [0.25, 0.3) is 0 Å². The van der Waals surface area contributed by atoms with E-state index in [4.69, 9.17) is 5.73 Å². The summed E-state index contributed by atoms with van der Waals surface area (Å²) in [6, 6.07) is 3.76. The van der Waals surface area contributed by atoms with Crippen LogP contribution in [0.4, 0.5) is 17.6 Å². The average Bonchev–Trinajstić information content (AvgIpc) is 2.18.